The summed E-state index contributed by atoms with van der Waals surface area (Å²) in [4.78, 5) is 4.23. The molecule has 2 atom stereocenters. The minimum Gasteiger partial charge on any atom is -0.379 e. The van der Waals surface area contributed by atoms with Crippen molar-refractivity contribution in [2.75, 3.05) is 5.32 Å². The van der Waals surface area contributed by atoms with Gasteiger partial charge in [-0.1, -0.05) is 0 Å². The first-order valence-electron chi connectivity index (χ1n) is 5.07. The largest absolute Gasteiger partial charge is 0.379 e. The Morgan fingerprint density at radius 3 is 3.07 bits per heavy atom. The van der Waals surface area contributed by atoms with Crippen LogP contribution in [0.3, 0.4) is 0 Å². The molecule has 2 unspecified atom stereocenters. The fraction of sp³-hybridized carbons (Fsp3) is 0.364. The topological polar surface area (TPSA) is 24.9 Å². The van der Waals surface area contributed by atoms with Crippen LogP contribution in [0.2, 0.25) is 0 Å². The Morgan fingerprint density at radius 1 is 1.40 bits per heavy atom. The van der Waals surface area contributed by atoms with E-state index >= 15 is 0 Å². The van der Waals surface area contributed by atoms with E-state index in [9.17, 15) is 4.39 Å². The van der Waals surface area contributed by atoms with Gasteiger partial charge in [0.2, 0.25) is 0 Å². The summed E-state index contributed by atoms with van der Waals surface area (Å²) in [6.45, 7) is 0. The van der Waals surface area contributed by atoms with Crippen LogP contribution in [-0.4, -0.2) is 17.2 Å². The second-order valence-corrected chi connectivity index (χ2v) is 4.77. The average molecular weight is 222 g/mol. The van der Waals surface area contributed by atoms with Crippen molar-refractivity contribution in [3.8, 4) is 0 Å². The molecule has 15 heavy (non-hydrogen) atoms. The van der Waals surface area contributed by atoms with Crippen LogP contribution in [0.15, 0.2) is 23.7 Å². The van der Waals surface area contributed by atoms with Crippen LogP contribution >= 0.6 is 11.3 Å². The van der Waals surface area contributed by atoms with Crippen molar-refractivity contribution in [3.05, 3.63) is 23.7 Å². The predicted molar refractivity (Wildman–Crippen MR) is 61.2 cm³/mol. The lowest BCUT2D eigenvalue weighted by molar-refractivity contribution is 0.186. The Kier molecular flexibility index (Phi) is 2.09. The molecule has 78 valence electrons. The van der Waals surface area contributed by atoms with E-state index in [4.69, 9.17) is 0 Å². The molecule has 4 heteroatoms. The highest BCUT2D eigenvalue weighted by Crippen LogP contribution is 2.28. The van der Waals surface area contributed by atoms with Gasteiger partial charge in [0.1, 0.15) is 6.17 Å². The van der Waals surface area contributed by atoms with Crippen LogP contribution < -0.4 is 5.32 Å². The standard InChI is InChI=1S/C11H11FN2S/c12-8-2-3-9(8)14-7-1-4-11-10(5-7)13-6-15-11/h1,4-6,8-9,14H,2-3H2. The fourth-order valence-corrected chi connectivity index (χ4v) is 2.44. The van der Waals surface area contributed by atoms with Gasteiger partial charge >= 0.3 is 0 Å². The molecule has 0 aliphatic heterocycles. The van der Waals surface area contributed by atoms with E-state index in [0.717, 1.165) is 17.6 Å². The number of thiazole rings is 1. The summed E-state index contributed by atoms with van der Waals surface area (Å²) in [5.41, 5.74) is 3.79. The molecule has 0 bridgehead atoms. The fourth-order valence-electron chi connectivity index (χ4n) is 1.78. The van der Waals surface area contributed by atoms with E-state index in [-0.39, 0.29) is 6.04 Å². The molecule has 0 amide bonds. The summed E-state index contributed by atoms with van der Waals surface area (Å²) in [5.74, 6) is 0. The zero-order valence-electron chi connectivity index (χ0n) is 8.11. The third-order valence-corrected chi connectivity index (χ3v) is 3.68. The van der Waals surface area contributed by atoms with E-state index in [0.29, 0.717) is 6.42 Å². The molecule has 1 aromatic heterocycles. The number of aromatic nitrogens is 1. The number of nitrogens with zero attached hydrogens (tertiary/aromatic N) is 1. The molecule has 0 spiro atoms. The lowest BCUT2D eigenvalue weighted by Gasteiger charge is -2.31. The quantitative estimate of drug-likeness (QED) is 0.844. The molecule has 1 aromatic carbocycles. The highest BCUT2D eigenvalue weighted by molar-refractivity contribution is 7.16. The second-order valence-electron chi connectivity index (χ2n) is 3.88. The summed E-state index contributed by atoms with van der Waals surface area (Å²) in [6, 6.07) is 6.00. The van der Waals surface area contributed by atoms with Gasteiger partial charge in [-0.25, -0.2) is 9.37 Å². The monoisotopic (exact) mass is 222 g/mol. The molecule has 1 heterocycles. The lowest BCUT2D eigenvalue weighted by atomic mass is 9.90. The van der Waals surface area contributed by atoms with Crippen LogP contribution in [0.4, 0.5) is 10.1 Å². The second kappa shape index (κ2) is 3.45. The molecule has 3 rings (SSSR count). The number of fused-ring (bicyclic) bond motifs is 1. The minimum atomic E-state index is -0.684. The van der Waals surface area contributed by atoms with Crippen LogP contribution in [0.5, 0.6) is 0 Å². The van der Waals surface area contributed by atoms with Gasteiger partial charge in [0, 0.05) is 5.69 Å². The Hall–Kier alpha value is -1.16. The lowest BCUT2D eigenvalue weighted by Crippen LogP contribution is -2.39. The number of nitrogens with one attached hydrogen (secondary N) is 1. The highest BCUT2D eigenvalue weighted by Gasteiger charge is 2.30. The molecular formula is C11H11FN2S. The van der Waals surface area contributed by atoms with Crippen molar-refractivity contribution >= 4 is 27.2 Å². The Morgan fingerprint density at radius 2 is 2.33 bits per heavy atom. The van der Waals surface area contributed by atoms with Gasteiger partial charge < -0.3 is 5.32 Å². The van der Waals surface area contributed by atoms with E-state index in [1.54, 1.807) is 11.3 Å². The first-order valence-corrected chi connectivity index (χ1v) is 5.95. The van der Waals surface area contributed by atoms with Crippen molar-refractivity contribution in [3.63, 3.8) is 0 Å². The minimum absolute atomic E-state index is 0.00101. The predicted octanol–water partition coefficient (Wildman–Crippen LogP) is 3.21. The van der Waals surface area contributed by atoms with Crippen molar-refractivity contribution in [1.29, 1.82) is 0 Å². The zero-order chi connectivity index (χ0) is 10.3. The van der Waals surface area contributed by atoms with Crippen molar-refractivity contribution < 1.29 is 4.39 Å². The molecule has 1 saturated carbocycles. The van der Waals surface area contributed by atoms with E-state index in [1.807, 2.05) is 23.7 Å². The number of hydrogen-bond donors (Lipinski definition) is 1. The maximum atomic E-state index is 13.0. The first-order chi connectivity index (χ1) is 7.33. The molecule has 2 aromatic rings. The summed E-state index contributed by atoms with van der Waals surface area (Å²) in [5, 5.41) is 3.20. The zero-order valence-corrected chi connectivity index (χ0v) is 8.93. The number of halogens is 1. The molecule has 1 fully saturated rings. The van der Waals surface area contributed by atoms with Crippen LogP contribution in [0, 0.1) is 0 Å². The Labute approximate surface area is 91.1 Å². The van der Waals surface area contributed by atoms with Crippen LogP contribution in [0.1, 0.15) is 12.8 Å². The molecule has 2 nitrogen and oxygen atoms in total. The number of rotatable bonds is 2. The van der Waals surface area contributed by atoms with Gasteiger partial charge in [-0.3, -0.25) is 0 Å². The molecular weight excluding hydrogens is 211 g/mol. The first kappa shape index (κ1) is 9.09. The van der Waals surface area contributed by atoms with E-state index < -0.39 is 6.17 Å². The Bertz CT molecular complexity index is 482. The highest BCUT2D eigenvalue weighted by atomic mass is 32.1. The van der Waals surface area contributed by atoms with Crippen molar-refractivity contribution in [1.82, 2.24) is 4.98 Å². The number of anilines is 1. The Balaban J connectivity index is 1.84. The van der Waals surface area contributed by atoms with Crippen LogP contribution in [-0.2, 0) is 0 Å². The average Bonchev–Trinajstić information content (AvgIpc) is 2.71. The van der Waals surface area contributed by atoms with Gasteiger partial charge in [0.25, 0.3) is 0 Å². The summed E-state index contributed by atoms with van der Waals surface area (Å²) in [6.07, 6.45) is 0.934. The van der Waals surface area contributed by atoms with Gasteiger partial charge in [-0.05, 0) is 31.0 Å². The van der Waals surface area contributed by atoms with E-state index in [2.05, 4.69) is 10.3 Å². The van der Waals surface area contributed by atoms with Crippen LogP contribution in [0.25, 0.3) is 10.2 Å². The van der Waals surface area contributed by atoms with Gasteiger partial charge in [0.15, 0.2) is 0 Å². The maximum absolute atomic E-state index is 13.0. The number of alkyl halides is 1. The molecule has 1 aliphatic rings. The normalized spacial score (nSPS) is 25.1. The summed E-state index contributed by atoms with van der Waals surface area (Å²) >= 11 is 1.62. The molecule has 0 radical (unpaired) electrons. The van der Waals surface area contributed by atoms with Gasteiger partial charge in [-0.15, -0.1) is 11.3 Å². The molecule has 1 aliphatic carbocycles. The third kappa shape index (κ3) is 1.59. The molecule has 0 saturated heterocycles. The summed E-state index contributed by atoms with van der Waals surface area (Å²) in [7, 11) is 0. The summed E-state index contributed by atoms with van der Waals surface area (Å²) < 4.78 is 14.2. The third-order valence-electron chi connectivity index (χ3n) is 2.87. The van der Waals surface area contributed by atoms with Crippen molar-refractivity contribution in [2.24, 2.45) is 0 Å². The van der Waals surface area contributed by atoms with Gasteiger partial charge in [-0.2, -0.15) is 0 Å². The number of hydrogen-bond acceptors (Lipinski definition) is 3. The van der Waals surface area contributed by atoms with E-state index in [1.165, 1.54) is 4.70 Å². The van der Waals surface area contributed by atoms with Gasteiger partial charge in [0.05, 0.1) is 21.8 Å². The maximum Gasteiger partial charge on any atom is 0.120 e. The SMILES string of the molecule is FC1CCC1Nc1ccc2scnc2c1. The number of benzene rings is 1. The smallest absolute Gasteiger partial charge is 0.120 e. The molecule has 1 N–H and O–H groups in total. The van der Waals surface area contributed by atoms with Crippen molar-refractivity contribution in [2.45, 2.75) is 25.1 Å².